The summed E-state index contributed by atoms with van der Waals surface area (Å²) in [4.78, 5) is 16.0. The fourth-order valence-electron chi connectivity index (χ4n) is 2.30. The molecule has 0 saturated heterocycles. The number of nitrogens with zero attached hydrogens (tertiary/aromatic N) is 1. The number of halogens is 1. The Hall–Kier alpha value is -2.13. The molecule has 4 heteroatoms. The third-order valence-corrected chi connectivity index (χ3v) is 3.50. The second-order valence-corrected chi connectivity index (χ2v) is 5.10. The molecule has 1 aromatic carbocycles. The number of hydrogen-bond acceptors (Lipinski definition) is 2. The zero-order valence-electron chi connectivity index (χ0n) is 10.8. The first-order valence-electron chi connectivity index (χ1n) is 6.44. The zero-order valence-corrected chi connectivity index (χ0v) is 11.5. The van der Waals surface area contributed by atoms with E-state index >= 15 is 0 Å². The summed E-state index contributed by atoms with van der Waals surface area (Å²) >= 11 is 5.93. The number of aryl methyl sites for hydroxylation is 1. The maximum atomic E-state index is 12.0. The van der Waals surface area contributed by atoms with Crippen LogP contribution in [0.3, 0.4) is 0 Å². The van der Waals surface area contributed by atoms with Crippen molar-refractivity contribution in [2.24, 2.45) is 0 Å². The molecule has 1 N–H and O–H groups in total. The standard InChI is InChI=1S/C16H13ClN2O/c17-12-6-7-13-14(16(20)19-15(13)9-12)5-1-3-11-4-2-8-18-10-11/h2,4-10H,1,3H2,(H,19,20)/b14-5+. The van der Waals surface area contributed by atoms with Crippen LogP contribution in [0.4, 0.5) is 5.69 Å². The fraction of sp³-hybridized carbons (Fsp3) is 0.125. The summed E-state index contributed by atoms with van der Waals surface area (Å²) in [6, 6.07) is 9.41. The van der Waals surface area contributed by atoms with Crippen molar-refractivity contribution in [1.29, 1.82) is 0 Å². The highest BCUT2D eigenvalue weighted by atomic mass is 35.5. The Morgan fingerprint density at radius 3 is 3.00 bits per heavy atom. The molecule has 0 unspecified atom stereocenters. The molecule has 0 fully saturated rings. The molecule has 2 aromatic rings. The number of nitrogens with one attached hydrogen (secondary N) is 1. The molecular weight excluding hydrogens is 272 g/mol. The molecule has 1 aromatic heterocycles. The molecule has 1 amide bonds. The van der Waals surface area contributed by atoms with Crippen molar-refractivity contribution < 1.29 is 4.79 Å². The second-order valence-electron chi connectivity index (χ2n) is 4.66. The highest BCUT2D eigenvalue weighted by Crippen LogP contribution is 2.33. The summed E-state index contributed by atoms with van der Waals surface area (Å²) < 4.78 is 0. The SMILES string of the molecule is O=C1Nc2cc(Cl)ccc2/C1=C\CCc1cccnc1. The van der Waals surface area contributed by atoms with Gasteiger partial charge < -0.3 is 5.32 Å². The van der Waals surface area contributed by atoms with E-state index < -0.39 is 0 Å². The number of fused-ring (bicyclic) bond motifs is 1. The van der Waals surface area contributed by atoms with Gasteiger partial charge in [-0.2, -0.15) is 0 Å². The number of anilines is 1. The average Bonchev–Trinajstić information content (AvgIpc) is 2.75. The maximum absolute atomic E-state index is 12.0. The molecule has 0 atom stereocenters. The number of carbonyl (C=O) groups is 1. The monoisotopic (exact) mass is 284 g/mol. The van der Waals surface area contributed by atoms with Crippen LogP contribution in [0.5, 0.6) is 0 Å². The van der Waals surface area contributed by atoms with Crippen LogP contribution in [-0.4, -0.2) is 10.9 Å². The minimum Gasteiger partial charge on any atom is -0.321 e. The van der Waals surface area contributed by atoms with E-state index in [1.165, 1.54) is 5.56 Å². The van der Waals surface area contributed by atoms with Gasteiger partial charge in [0.2, 0.25) is 0 Å². The molecule has 100 valence electrons. The van der Waals surface area contributed by atoms with Gasteiger partial charge in [0.25, 0.3) is 5.91 Å². The van der Waals surface area contributed by atoms with Crippen molar-refractivity contribution >= 4 is 28.8 Å². The van der Waals surface area contributed by atoms with Crippen LogP contribution in [0.25, 0.3) is 5.57 Å². The highest BCUT2D eigenvalue weighted by Gasteiger charge is 2.23. The van der Waals surface area contributed by atoms with Crippen molar-refractivity contribution in [3.8, 4) is 0 Å². The Morgan fingerprint density at radius 2 is 2.20 bits per heavy atom. The van der Waals surface area contributed by atoms with Gasteiger partial charge in [0, 0.05) is 28.6 Å². The first-order valence-corrected chi connectivity index (χ1v) is 6.82. The van der Waals surface area contributed by atoms with Crippen LogP contribution in [0.1, 0.15) is 17.5 Å². The van der Waals surface area contributed by atoms with Crippen molar-refractivity contribution in [3.05, 3.63) is 65.0 Å². The van der Waals surface area contributed by atoms with Gasteiger partial charge in [0.1, 0.15) is 0 Å². The molecule has 1 aliphatic heterocycles. The predicted octanol–water partition coefficient (Wildman–Crippen LogP) is 3.70. The van der Waals surface area contributed by atoms with Gasteiger partial charge >= 0.3 is 0 Å². The van der Waals surface area contributed by atoms with E-state index in [1.807, 2.05) is 30.5 Å². The molecule has 1 aliphatic rings. The molecular formula is C16H13ClN2O. The average molecular weight is 285 g/mol. The fourth-order valence-corrected chi connectivity index (χ4v) is 2.47. The lowest BCUT2D eigenvalue weighted by Crippen LogP contribution is -2.03. The molecule has 0 aliphatic carbocycles. The largest absolute Gasteiger partial charge is 0.321 e. The lowest BCUT2D eigenvalue weighted by Gasteiger charge is -1.99. The molecule has 0 spiro atoms. The van der Waals surface area contributed by atoms with Crippen molar-refractivity contribution in [1.82, 2.24) is 4.98 Å². The molecule has 0 saturated carbocycles. The van der Waals surface area contributed by atoms with Crippen molar-refractivity contribution in [2.75, 3.05) is 5.32 Å². The summed E-state index contributed by atoms with van der Waals surface area (Å²) in [5, 5.41) is 3.46. The van der Waals surface area contributed by atoms with Crippen molar-refractivity contribution in [3.63, 3.8) is 0 Å². The van der Waals surface area contributed by atoms with Gasteiger partial charge in [-0.25, -0.2) is 0 Å². The molecule has 3 rings (SSSR count). The maximum Gasteiger partial charge on any atom is 0.256 e. The number of aromatic nitrogens is 1. The number of carbonyl (C=O) groups excluding carboxylic acids is 1. The third-order valence-electron chi connectivity index (χ3n) is 3.27. The Bertz CT molecular complexity index is 680. The lowest BCUT2D eigenvalue weighted by molar-refractivity contribution is -0.110. The van der Waals surface area contributed by atoms with Crippen LogP contribution in [0.15, 0.2) is 48.8 Å². The summed E-state index contributed by atoms with van der Waals surface area (Å²) in [6.07, 6.45) is 7.25. The van der Waals surface area contributed by atoms with Gasteiger partial charge in [-0.05, 0) is 36.6 Å². The van der Waals surface area contributed by atoms with Gasteiger partial charge in [-0.1, -0.05) is 29.8 Å². The van der Waals surface area contributed by atoms with Crippen LogP contribution >= 0.6 is 11.6 Å². The lowest BCUT2D eigenvalue weighted by atomic mass is 10.0. The first kappa shape index (κ1) is 12.9. The van der Waals surface area contributed by atoms with E-state index in [4.69, 9.17) is 11.6 Å². The Labute approximate surface area is 122 Å². The first-order chi connectivity index (χ1) is 9.74. The van der Waals surface area contributed by atoms with E-state index in [2.05, 4.69) is 10.3 Å². The van der Waals surface area contributed by atoms with Crippen LogP contribution in [-0.2, 0) is 11.2 Å². The van der Waals surface area contributed by atoms with E-state index in [0.29, 0.717) is 5.02 Å². The minimum atomic E-state index is -0.0616. The number of hydrogen-bond donors (Lipinski definition) is 1. The number of pyridine rings is 1. The Kier molecular flexibility index (Phi) is 3.52. The van der Waals surface area contributed by atoms with Gasteiger partial charge in [0.05, 0.1) is 5.69 Å². The van der Waals surface area contributed by atoms with E-state index in [1.54, 1.807) is 18.3 Å². The molecule has 2 heterocycles. The normalized spacial score (nSPS) is 15.2. The van der Waals surface area contributed by atoms with E-state index in [0.717, 1.165) is 29.7 Å². The van der Waals surface area contributed by atoms with Crippen molar-refractivity contribution in [2.45, 2.75) is 12.8 Å². The zero-order chi connectivity index (χ0) is 13.9. The number of allylic oxidation sites excluding steroid dienone is 1. The van der Waals surface area contributed by atoms with Gasteiger partial charge in [-0.3, -0.25) is 9.78 Å². The summed E-state index contributed by atoms with van der Waals surface area (Å²) in [5.41, 5.74) is 3.60. The number of rotatable bonds is 3. The predicted molar refractivity (Wildman–Crippen MR) is 80.6 cm³/mol. The van der Waals surface area contributed by atoms with Gasteiger partial charge in [-0.15, -0.1) is 0 Å². The van der Waals surface area contributed by atoms with Crippen LogP contribution in [0, 0.1) is 0 Å². The molecule has 20 heavy (non-hydrogen) atoms. The molecule has 0 bridgehead atoms. The third kappa shape index (κ3) is 2.58. The minimum absolute atomic E-state index is 0.0616. The van der Waals surface area contributed by atoms with Crippen LogP contribution < -0.4 is 5.32 Å². The topological polar surface area (TPSA) is 42.0 Å². The van der Waals surface area contributed by atoms with Gasteiger partial charge in [0.15, 0.2) is 0 Å². The Balaban J connectivity index is 1.77. The number of amides is 1. The summed E-state index contributed by atoms with van der Waals surface area (Å²) in [6.45, 7) is 0. The molecule has 0 radical (unpaired) electrons. The summed E-state index contributed by atoms with van der Waals surface area (Å²) in [7, 11) is 0. The second kappa shape index (κ2) is 5.47. The van der Waals surface area contributed by atoms with E-state index in [9.17, 15) is 4.79 Å². The van der Waals surface area contributed by atoms with Crippen LogP contribution in [0.2, 0.25) is 5.02 Å². The smallest absolute Gasteiger partial charge is 0.256 e. The summed E-state index contributed by atoms with van der Waals surface area (Å²) in [5.74, 6) is -0.0616. The number of benzene rings is 1. The van der Waals surface area contributed by atoms with E-state index in [-0.39, 0.29) is 5.91 Å². The quantitative estimate of drug-likeness (QED) is 0.873. The molecule has 3 nitrogen and oxygen atoms in total. The Morgan fingerprint density at radius 1 is 1.30 bits per heavy atom. The highest BCUT2D eigenvalue weighted by molar-refractivity contribution is 6.34.